The van der Waals surface area contributed by atoms with Gasteiger partial charge in [-0.05, 0) is 18.2 Å². The number of methoxy groups -OCH3 is 1. The Bertz CT molecular complexity index is 819. The van der Waals surface area contributed by atoms with Crippen molar-refractivity contribution < 1.29 is 28.7 Å². The molecule has 0 unspecified atom stereocenters. The second kappa shape index (κ2) is 7.18. The smallest absolute Gasteiger partial charge is 0.338 e. The molecule has 8 heteroatoms. The van der Waals surface area contributed by atoms with E-state index in [0.29, 0.717) is 28.2 Å². The average Bonchev–Trinajstić information content (AvgIpc) is 2.65. The molecule has 0 N–H and O–H groups in total. The Morgan fingerprint density at radius 1 is 1.32 bits per heavy atom. The quantitative estimate of drug-likeness (QED) is 0.467. The summed E-state index contributed by atoms with van der Waals surface area (Å²) >= 11 is 0. The summed E-state index contributed by atoms with van der Waals surface area (Å²) in [6, 6.07) is 9.26. The van der Waals surface area contributed by atoms with Crippen molar-refractivity contribution in [3.05, 3.63) is 63.2 Å². The maximum Gasteiger partial charge on any atom is 0.338 e. The zero-order chi connectivity index (χ0) is 17.8. The van der Waals surface area contributed by atoms with Gasteiger partial charge >= 0.3 is 5.97 Å². The number of carbonyl (C=O) groups excluding carboxylic acids is 1. The van der Waals surface area contributed by atoms with Crippen LogP contribution in [0.25, 0.3) is 0 Å². The first-order valence-corrected chi connectivity index (χ1v) is 7.40. The minimum atomic E-state index is -0.564. The predicted octanol–water partition coefficient (Wildman–Crippen LogP) is 2.83. The van der Waals surface area contributed by atoms with Gasteiger partial charge in [0.1, 0.15) is 18.1 Å². The molecule has 0 atom stereocenters. The largest absolute Gasteiger partial charge is 0.497 e. The summed E-state index contributed by atoms with van der Waals surface area (Å²) in [6.07, 6.45) is 0. The summed E-state index contributed by atoms with van der Waals surface area (Å²) in [4.78, 5) is 22.8. The summed E-state index contributed by atoms with van der Waals surface area (Å²) in [7, 11) is 1.50. The molecule has 1 aliphatic rings. The zero-order valence-corrected chi connectivity index (χ0v) is 13.4. The van der Waals surface area contributed by atoms with Crippen LogP contribution in [0.5, 0.6) is 11.5 Å². The minimum absolute atomic E-state index is 0.0433. The van der Waals surface area contributed by atoms with Crippen molar-refractivity contribution in [2.75, 3.05) is 13.9 Å². The molecule has 25 heavy (non-hydrogen) atoms. The van der Waals surface area contributed by atoms with Crippen LogP contribution >= 0.6 is 0 Å². The summed E-state index contributed by atoms with van der Waals surface area (Å²) in [5, 5.41) is 11.1. The third-order valence-electron chi connectivity index (χ3n) is 3.65. The molecule has 0 radical (unpaired) electrons. The maximum absolute atomic E-state index is 12.2. The second-order valence-corrected chi connectivity index (χ2v) is 5.27. The number of carbonyl (C=O) groups is 1. The van der Waals surface area contributed by atoms with Crippen LogP contribution in [0, 0.1) is 10.1 Å². The molecular weight excluding hydrogens is 330 g/mol. The Morgan fingerprint density at radius 3 is 2.92 bits per heavy atom. The van der Waals surface area contributed by atoms with Gasteiger partial charge in [-0.15, -0.1) is 0 Å². The van der Waals surface area contributed by atoms with E-state index in [9.17, 15) is 14.9 Å². The highest BCUT2D eigenvalue weighted by atomic mass is 16.7. The van der Waals surface area contributed by atoms with Crippen LogP contribution in [0.3, 0.4) is 0 Å². The van der Waals surface area contributed by atoms with E-state index < -0.39 is 10.9 Å². The van der Waals surface area contributed by atoms with Crippen molar-refractivity contribution in [1.82, 2.24) is 0 Å². The number of nitrogens with zero attached hydrogens (tertiary/aromatic N) is 1. The van der Waals surface area contributed by atoms with Crippen molar-refractivity contribution in [3.63, 3.8) is 0 Å². The SMILES string of the molecule is COc1cccc(C(=O)OCc2cc([N+](=O)[O-])cc3c2OCOC3)c1. The average molecular weight is 345 g/mol. The highest BCUT2D eigenvalue weighted by Crippen LogP contribution is 2.33. The number of hydrogen-bond acceptors (Lipinski definition) is 7. The van der Waals surface area contributed by atoms with Gasteiger partial charge in [0, 0.05) is 23.3 Å². The fraction of sp³-hybridized carbons (Fsp3) is 0.235. The number of fused-ring (bicyclic) bond motifs is 1. The molecule has 0 spiro atoms. The van der Waals surface area contributed by atoms with Gasteiger partial charge in [-0.1, -0.05) is 6.07 Å². The standard InChI is InChI=1S/C17H15NO7/c1-22-15-4-2-3-11(7-15)17(19)24-9-13-6-14(18(20)21)5-12-8-23-10-25-16(12)13/h2-7H,8-10H2,1H3. The molecule has 3 rings (SSSR count). The number of nitro groups is 1. The molecule has 8 nitrogen and oxygen atoms in total. The summed E-state index contributed by atoms with van der Waals surface area (Å²) in [5.74, 6) is 0.421. The van der Waals surface area contributed by atoms with Gasteiger partial charge in [0.05, 0.1) is 24.2 Å². The van der Waals surface area contributed by atoms with E-state index >= 15 is 0 Å². The molecule has 0 saturated carbocycles. The van der Waals surface area contributed by atoms with Crippen LogP contribution < -0.4 is 9.47 Å². The number of benzene rings is 2. The lowest BCUT2D eigenvalue weighted by atomic mass is 10.1. The molecule has 0 saturated heterocycles. The lowest BCUT2D eigenvalue weighted by Gasteiger charge is -2.20. The summed E-state index contributed by atoms with van der Waals surface area (Å²) in [5.41, 5.74) is 1.18. The van der Waals surface area contributed by atoms with Crippen LogP contribution in [0.15, 0.2) is 36.4 Å². The van der Waals surface area contributed by atoms with Crippen molar-refractivity contribution in [2.45, 2.75) is 13.2 Å². The van der Waals surface area contributed by atoms with Crippen LogP contribution in [0.1, 0.15) is 21.5 Å². The van der Waals surface area contributed by atoms with E-state index in [1.165, 1.54) is 19.2 Å². The second-order valence-electron chi connectivity index (χ2n) is 5.27. The Balaban J connectivity index is 1.81. The first kappa shape index (κ1) is 16.7. The Hall–Kier alpha value is -3.13. The summed E-state index contributed by atoms with van der Waals surface area (Å²) in [6.45, 7) is 0.0928. The van der Waals surface area contributed by atoms with Gasteiger partial charge in [0.25, 0.3) is 5.69 Å². The molecule has 0 aromatic heterocycles. The number of esters is 1. The van der Waals surface area contributed by atoms with E-state index in [-0.39, 0.29) is 25.7 Å². The van der Waals surface area contributed by atoms with Crippen LogP contribution in [-0.2, 0) is 22.7 Å². The summed E-state index contributed by atoms with van der Waals surface area (Å²) < 4.78 is 20.9. The molecule has 1 heterocycles. The first-order chi connectivity index (χ1) is 12.1. The van der Waals surface area contributed by atoms with Gasteiger partial charge in [-0.25, -0.2) is 4.79 Å². The van der Waals surface area contributed by atoms with Crippen molar-refractivity contribution in [3.8, 4) is 11.5 Å². The van der Waals surface area contributed by atoms with E-state index in [1.54, 1.807) is 24.3 Å². The number of ether oxygens (including phenoxy) is 4. The Morgan fingerprint density at radius 2 is 2.16 bits per heavy atom. The molecule has 1 aliphatic heterocycles. The fourth-order valence-electron chi connectivity index (χ4n) is 2.47. The number of rotatable bonds is 5. The highest BCUT2D eigenvalue weighted by molar-refractivity contribution is 5.89. The fourth-order valence-corrected chi connectivity index (χ4v) is 2.47. The minimum Gasteiger partial charge on any atom is -0.497 e. The molecule has 2 aromatic carbocycles. The van der Waals surface area contributed by atoms with E-state index in [0.717, 1.165) is 0 Å². The third-order valence-corrected chi connectivity index (χ3v) is 3.65. The normalized spacial score (nSPS) is 12.7. The van der Waals surface area contributed by atoms with Crippen LogP contribution in [0.2, 0.25) is 0 Å². The number of non-ortho nitro benzene ring substituents is 1. The van der Waals surface area contributed by atoms with Gasteiger partial charge in [0.15, 0.2) is 6.79 Å². The highest BCUT2D eigenvalue weighted by Gasteiger charge is 2.22. The lowest BCUT2D eigenvalue weighted by Crippen LogP contribution is -2.15. The van der Waals surface area contributed by atoms with Crippen molar-refractivity contribution in [2.24, 2.45) is 0 Å². The van der Waals surface area contributed by atoms with Gasteiger partial charge < -0.3 is 18.9 Å². The molecular formula is C17H15NO7. The third kappa shape index (κ3) is 3.69. The van der Waals surface area contributed by atoms with Gasteiger partial charge in [-0.2, -0.15) is 0 Å². The van der Waals surface area contributed by atoms with Crippen LogP contribution in [0.4, 0.5) is 5.69 Å². The molecule has 2 aromatic rings. The molecule has 130 valence electrons. The lowest BCUT2D eigenvalue weighted by molar-refractivity contribution is -0.385. The Labute approximate surface area is 143 Å². The number of nitro benzene ring substituents is 1. The maximum atomic E-state index is 12.2. The zero-order valence-electron chi connectivity index (χ0n) is 13.4. The molecule has 0 aliphatic carbocycles. The van der Waals surface area contributed by atoms with Gasteiger partial charge in [0.2, 0.25) is 0 Å². The molecule has 0 amide bonds. The van der Waals surface area contributed by atoms with Crippen molar-refractivity contribution >= 4 is 11.7 Å². The van der Waals surface area contributed by atoms with E-state index in [4.69, 9.17) is 18.9 Å². The first-order valence-electron chi connectivity index (χ1n) is 7.40. The van der Waals surface area contributed by atoms with Crippen molar-refractivity contribution in [1.29, 1.82) is 0 Å². The van der Waals surface area contributed by atoms with Crippen LogP contribution in [-0.4, -0.2) is 24.8 Å². The monoisotopic (exact) mass is 345 g/mol. The van der Waals surface area contributed by atoms with E-state index in [2.05, 4.69) is 0 Å². The Kier molecular flexibility index (Phi) is 4.80. The number of hydrogen-bond donors (Lipinski definition) is 0. The molecule has 0 bridgehead atoms. The topological polar surface area (TPSA) is 97.1 Å². The predicted molar refractivity (Wildman–Crippen MR) is 85.5 cm³/mol. The molecule has 0 fully saturated rings. The van der Waals surface area contributed by atoms with E-state index in [1.807, 2.05) is 0 Å². The van der Waals surface area contributed by atoms with Gasteiger partial charge in [-0.3, -0.25) is 10.1 Å².